The SMILES string of the molecule is Cc1ccc(NC(=O)CSc2nnnn2CC2CCCO2)cc1C. The minimum atomic E-state index is -0.0741. The number of hydrogen-bond acceptors (Lipinski definition) is 6. The van der Waals surface area contributed by atoms with Crippen molar-refractivity contribution in [3.05, 3.63) is 29.3 Å². The van der Waals surface area contributed by atoms with Crippen LogP contribution in [0.4, 0.5) is 5.69 Å². The highest BCUT2D eigenvalue weighted by Gasteiger charge is 2.19. The summed E-state index contributed by atoms with van der Waals surface area (Å²) in [6, 6.07) is 5.88. The van der Waals surface area contributed by atoms with Crippen molar-refractivity contribution >= 4 is 23.4 Å². The first kappa shape index (κ1) is 16.9. The Morgan fingerprint density at radius 1 is 1.42 bits per heavy atom. The third-order valence-corrected chi connectivity index (χ3v) is 4.98. The highest BCUT2D eigenvalue weighted by molar-refractivity contribution is 7.99. The van der Waals surface area contributed by atoms with Crippen molar-refractivity contribution in [2.75, 3.05) is 17.7 Å². The van der Waals surface area contributed by atoms with Gasteiger partial charge in [-0.3, -0.25) is 4.79 Å². The Labute approximate surface area is 145 Å². The maximum atomic E-state index is 12.1. The maximum absolute atomic E-state index is 12.1. The van der Waals surface area contributed by atoms with E-state index < -0.39 is 0 Å². The van der Waals surface area contributed by atoms with E-state index >= 15 is 0 Å². The van der Waals surface area contributed by atoms with Crippen LogP contribution >= 0.6 is 11.8 Å². The van der Waals surface area contributed by atoms with Crippen LogP contribution in [0.5, 0.6) is 0 Å². The minimum Gasteiger partial charge on any atom is -0.376 e. The summed E-state index contributed by atoms with van der Waals surface area (Å²) in [5, 5.41) is 15.2. The number of aryl methyl sites for hydroxylation is 2. The van der Waals surface area contributed by atoms with Gasteiger partial charge in [0.2, 0.25) is 11.1 Å². The molecular weight excluding hydrogens is 326 g/mol. The number of benzene rings is 1. The van der Waals surface area contributed by atoms with Crippen LogP contribution in [0.15, 0.2) is 23.4 Å². The Morgan fingerprint density at radius 3 is 3.04 bits per heavy atom. The molecule has 2 heterocycles. The van der Waals surface area contributed by atoms with Crippen LogP contribution in [0.3, 0.4) is 0 Å². The van der Waals surface area contributed by atoms with Crippen LogP contribution in [-0.2, 0) is 16.1 Å². The largest absolute Gasteiger partial charge is 0.376 e. The molecule has 0 aliphatic carbocycles. The molecule has 1 aromatic heterocycles. The Kier molecular flexibility index (Phi) is 5.47. The van der Waals surface area contributed by atoms with E-state index in [1.54, 1.807) is 4.68 Å². The number of amides is 1. The van der Waals surface area contributed by atoms with E-state index in [9.17, 15) is 4.79 Å². The lowest BCUT2D eigenvalue weighted by molar-refractivity contribution is -0.113. The van der Waals surface area contributed by atoms with Crippen molar-refractivity contribution in [3.8, 4) is 0 Å². The lowest BCUT2D eigenvalue weighted by Gasteiger charge is -2.10. The van der Waals surface area contributed by atoms with Gasteiger partial charge in [0.05, 0.1) is 18.4 Å². The van der Waals surface area contributed by atoms with E-state index in [4.69, 9.17) is 4.74 Å². The van der Waals surface area contributed by atoms with Crippen LogP contribution in [-0.4, -0.2) is 44.6 Å². The Bertz CT molecular complexity index is 712. The topological polar surface area (TPSA) is 81.9 Å². The molecule has 0 spiro atoms. The molecule has 1 aliphatic rings. The highest BCUT2D eigenvalue weighted by Crippen LogP contribution is 2.19. The number of aromatic nitrogens is 4. The number of carbonyl (C=O) groups is 1. The molecule has 24 heavy (non-hydrogen) atoms. The molecule has 1 atom stereocenters. The molecule has 2 aromatic rings. The summed E-state index contributed by atoms with van der Waals surface area (Å²) in [5.41, 5.74) is 3.17. The third kappa shape index (κ3) is 4.33. The zero-order valence-corrected chi connectivity index (χ0v) is 14.7. The zero-order valence-electron chi connectivity index (χ0n) is 13.9. The molecule has 0 radical (unpaired) electrons. The average molecular weight is 347 g/mol. The third-order valence-electron chi connectivity index (χ3n) is 4.02. The molecule has 7 nitrogen and oxygen atoms in total. The van der Waals surface area contributed by atoms with Gasteiger partial charge in [-0.2, -0.15) is 0 Å². The zero-order chi connectivity index (χ0) is 16.9. The molecule has 1 fully saturated rings. The normalized spacial score (nSPS) is 17.2. The van der Waals surface area contributed by atoms with Crippen molar-refractivity contribution < 1.29 is 9.53 Å². The number of tetrazole rings is 1. The maximum Gasteiger partial charge on any atom is 0.234 e. The molecule has 1 saturated heterocycles. The number of thioether (sulfide) groups is 1. The number of carbonyl (C=O) groups excluding carboxylic acids is 1. The minimum absolute atomic E-state index is 0.0741. The fourth-order valence-electron chi connectivity index (χ4n) is 2.54. The number of ether oxygens (including phenoxy) is 1. The van der Waals surface area contributed by atoms with E-state index in [0.29, 0.717) is 11.7 Å². The quantitative estimate of drug-likeness (QED) is 0.807. The second-order valence-corrected chi connectivity index (χ2v) is 6.86. The van der Waals surface area contributed by atoms with Crippen molar-refractivity contribution in [2.24, 2.45) is 0 Å². The molecule has 1 unspecified atom stereocenters. The second-order valence-electron chi connectivity index (χ2n) is 5.91. The van der Waals surface area contributed by atoms with E-state index in [1.807, 2.05) is 32.0 Å². The van der Waals surface area contributed by atoms with Crippen LogP contribution in [0.2, 0.25) is 0 Å². The number of anilines is 1. The molecule has 1 aliphatic heterocycles. The lowest BCUT2D eigenvalue weighted by Crippen LogP contribution is -2.18. The molecule has 0 bridgehead atoms. The molecule has 1 N–H and O–H groups in total. The summed E-state index contributed by atoms with van der Waals surface area (Å²) in [6.45, 7) is 5.51. The summed E-state index contributed by atoms with van der Waals surface area (Å²) in [4.78, 5) is 12.1. The first-order valence-electron chi connectivity index (χ1n) is 7.99. The first-order chi connectivity index (χ1) is 11.6. The van der Waals surface area contributed by atoms with E-state index in [1.165, 1.54) is 17.3 Å². The number of rotatable bonds is 6. The fourth-order valence-corrected chi connectivity index (χ4v) is 3.23. The van der Waals surface area contributed by atoms with E-state index in [2.05, 4.69) is 20.8 Å². The van der Waals surface area contributed by atoms with Gasteiger partial charge in [0.1, 0.15) is 0 Å². The highest BCUT2D eigenvalue weighted by atomic mass is 32.2. The van der Waals surface area contributed by atoms with E-state index in [-0.39, 0.29) is 17.8 Å². The summed E-state index contributed by atoms with van der Waals surface area (Å²) >= 11 is 1.33. The predicted octanol–water partition coefficient (Wildman–Crippen LogP) is 2.20. The molecule has 1 aromatic carbocycles. The fraction of sp³-hybridized carbons (Fsp3) is 0.500. The number of nitrogens with one attached hydrogen (secondary N) is 1. The summed E-state index contributed by atoms with van der Waals surface area (Å²) < 4.78 is 7.31. The lowest BCUT2D eigenvalue weighted by atomic mass is 10.1. The van der Waals surface area contributed by atoms with Crippen molar-refractivity contribution in [2.45, 2.75) is 44.5 Å². The molecule has 1 amide bonds. The van der Waals surface area contributed by atoms with Crippen LogP contribution in [0.1, 0.15) is 24.0 Å². The summed E-state index contributed by atoms with van der Waals surface area (Å²) in [5.74, 6) is 0.189. The molecule has 8 heteroatoms. The first-order valence-corrected chi connectivity index (χ1v) is 8.98. The molecular formula is C16H21N5O2S. The molecule has 128 valence electrons. The Hall–Kier alpha value is -1.93. The van der Waals surface area contributed by atoms with Gasteiger partial charge in [0, 0.05) is 12.3 Å². The Morgan fingerprint density at radius 2 is 2.29 bits per heavy atom. The van der Waals surface area contributed by atoms with E-state index in [0.717, 1.165) is 30.7 Å². The van der Waals surface area contributed by atoms with Crippen molar-refractivity contribution in [1.82, 2.24) is 20.2 Å². The number of nitrogens with zero attached hydrogens (tertiary/aromatic N) is 4. The predicted molar refractivity (Wildman–Crippen MR) is 92.1 cm³/mol. The van der Waals surface area contributed by atoms with Crippen molar-refractivity contribution in [3.63, 3.8) is 0 Å². The van der Waals surface area contributed by atoms with Crippen LogP contribution in [0.25, 0.3) is 0 Å². The summed E-state index contributed by atoms with van der Waals surface area (Å²) in [6.07, 6.45) is 2.27. The number of hydrogen-bond donors (Lipinski definition) is 1. The second kappa shape index (κ2) is 7.76. The van der Waals surface area contributed by atoms with Crippen LogP contribution in [0, 0.1) is 13.8 Å². The van der Waals surface area contributed by atoms with Gasteiger partial charge < -0.3 is 10.1 Å². The standard InChI is InChI=1S/C16H21N5O2S/c1-11-5-6-13(8-12(11)2)17-15(22)10-24-16-18-19-20-21(16)9-14-4-3-7-23-14/h5-6,8,14H,3-4,7,9-10H2,1-2H3,(H,17,22). The summed E-state index contributed by atoms with van der Waals surface area (Å²) in [7, 11) is 0. The van der Waals surface area contributed by atoms with Gasteiger partial charge in [-0.15, -0.1) is 5.10 Å². The van der Waals surface area contributed by atoms with Gasteiger partial charge in [-0.25, -0.2) is 4.68 Å². The van der Waals surface area contributed by atoms with Gasteiger partial charge in [0.15, 0.2) is 0 Å². The average Bonchev–Trinajstić information content (AvgIpc) is 3.21. The van der Waals surface area contributed by atoms with Gasteiger partial charge in [-0.1, -0.05) is 17.8 Å². The van der Waals surface area contributed by atoms with Gasteiger partial charge in [0.25, 0.3) is 0 Å². The van der Waals surface area contributed by atoms with Gasteiger partial charge >= 0.3 is 0 Å². The monoisotopic (exact) mass is 347 g/mol. The van der Waals surface area contributed by atoms with Crippen molar-refractivity contribution in [1.29, 1.82) is 0 Å². The Balaban J connectivity index is 1.52. The molecule has 3 rings (SSSR count). The van der Waals surface area contributed by atoms with Crippen LogP contribution < -0.4 is 5.32 Å². The van der Waals surface area contributed by atoms with Gasteiger partial charge in [-0.05, 0) is 60.4 Å². The smallest absolute Gasteiger partial charge is 0.234 e. The molecule has 0 saturated carbocycles.